The molecule has 7 nitrogen and oxygen atoms in total. The molecular formula is C17H24Cl2N6O. The van der Waals surface area contributed by atoms with Crippen LogP contribution in [0.4, 0.5) is 0 Å². The number of halogens is 2. The first-order valence-electron chi connectivity index (χ1n) is 7.82. The topological polar surface area (TPSA) is 68.0 Å². The molecule has 1 unspecified atom stereocenters. The number of amides is 1. The van der Waals surface area contributed by atoms with E-state index < -0.39 is 6.04 Å². The summed E-state index contributed by atoms with van der Waals surface area (Å²) in [6, 6.07) is 7.54. The highest BCUT2D eigenvalue weighted by molar-refractivity contribution is 5.85. The fourth-order valence-electron chi connectivity index (χ4n) is 2.87. The van der Waals surface area contributed by atoms with Crippen LogP contribution in [0.2, 0.25) is 0 Å². The quantitative estimate of drug-likeness (QED) is 0.713. The molecule has 9 heteroatoms. The average molecular weight is 399 g/mol. The van der Waals surface area contributed by atoms with Gasteiger partial charge in [0.2, 0.25) is 5.91 Å². The SMILES string of the molecule is CNC(C(=O)N(C)Cc1nc2ccccc2n1C)c1cnn(C)c1.Cl.Cl. The molecule has 142 valence electrons. The summed E-state index contributed by atoms with van der Waals surface area (Å²) in [6.07, 6.45) is 3.56. The maximum atomic E-state index is 12.8. The third-order valence-electron chi connectivity index (χ3n) is 4.23. The number of aromatic nitrogens is 4. The molecule has 2 heterocycles. The van der Waals surface area contributed by atoms with Crippen LogP contribution in [-0.4, -0.2) is 44.2 Å². The van der Waals surface area contributed by atoms with Gasteiger partial charge in [0.05, 0.1) is 23.8 Å². The minimum absolute atomic E-state index is 0. The molecule has 3 aromatic rings. The van der Waals surface area contributed by atoms with Crippen molar-refractivity contribution in [2.45, 2.75) is 12.6 Å². The normalized spacial score (nSPS) is 11.5. The lowest BCUT2D eigenvalue weighted by Gasteiger charge is -2.22. The summed E-state index contributed by atoms with van der Waals surface area (Å²) in [5.41, 5.74) is 2.85. The second-order valence-electron chi connectivity index (χ2n) is 5.94. The van der Waals surface area contributed by atoms with Gasteiger partial charge in [-0.3, -0.25) is 9.48 Å². The zero-order valence-electron chi connectivity index (χ0n) is 15.2. The second-order valence-corrected chi connectivity index (χ2v) is 5.94. The van der Waals surface area contributed by atoms with Crippen LogP contribution in [0.15, 0.2) is 36.7 Å². The molecule has 0 aliphatic heterocycles. The van der Waals surface area contributed by atoms with Crippen LogP contribution >= 0.6 is 24.8 Å². The Morgan fingerprint density at radius 3 is 2.54 bits per heavy atom. The van der Waals surface area contributed by atoms with Gasteiger partial charge in [0.25, 0.3) is 0 Å². The lowest BCUT2D eigenvalue weighted by molar-refractivity contribution is -0.132. The third-order valence-corrected chi connectivity index (χ3v) is 4.23. The summed E-state index contributed by atoms with van der Waals surface area (Å²) in [7, 11) is 7.38. The van der Waals surface area contributed by atoms with Crippen LogP contribution in [0, 0.1) is 0 Å². The van der Waals surface area contributed by atoms with Crippen LogP contribution in [0.5, 0.6) is 0 Å². The number of hydrogen-bond acceptors (Lipinski definition) is 4. The van der Waals surface area contributed by atoms with E-state index in [9.17, 15) is 4.79 Å². The van der Waals surface area contributed by atoms with E-state index in [0.29, 0.717) is 6.54 Å². The van der Waals surface area contributed by atoms with Gasteiger partial charge in [-0.1, -0.05) is 12.1 Å². The Hall–Kier alpha value is -2.09. The molecule has 26 heavy (non-hydrogen) atoms. The maximum Gasteiger partial charge on any atom is 0.244 e. The van der Waals surface area contributed by atoms with E-state index >= 15 is 0 Å². The van der Waals surface area contributed by atoms with Crippen molar-refractivity contribution in [2.24, 2.45) is 14.1 Å². The number of aryl methyl sites for hydroxylation is 2. The molecule has 0 fully saturated rings. The number of nitrogens with zero attached hydrogens (tertiary/aromatic N) is 5. The molecule has 0 bridgehead atoms. The van der Waals surface area contributed by atoms with Crippen molar-refractivity contribution in [1.82, 2.24) is 29.5 Å². The number of nitrogens with one attached hydrogen (secondary N) is 1. The first-order chi connectivity index (χ1) is 11.5. The summed E-state index contributed by atoms with van der Waals surface area (Å²) in [4.78, 5) is 19.1. The fraction of sp³-hybridized carbons (Fsp3) is 0.353. The zero-order valence-corrected chi connectivity index (χ0v) is 16.8. The molecule has 0 radical (unpaired) electrons. The molecule has 1 atom stereocenters. The fourth-order valence-corrected chi connectivity index (χ4v) is 2.87. The number of imidazole rings is 1. The molecular weight excluding hydrogens is 375 g/mol. The number of carbonyl (C=O) groups excluding carboxylic acids is 1. The summed E-state index contributed by atoms with van der Waals surface area (Å²) >= 11 is 0. The first kappa shape index (κ1) is 22.0. The van der Waals surface area contributed by atoms with E-state index in [1.807, 2.05) is 49.1 Å². The predicted octanol–water partition coefficient (Wildman–Crippen LogP) is 2.07. The van der Waals surface area contributed by atoms with Crippen LogP contribution < -0.4 is 5.32 Å². The second kappa shape index (κ2) is 9.02. The van der Waals surface area contributed by atoms with Crippen LogP contribution in [0.3, 0.4) is 0 Å². The number of para-hydroxylation sites is 2. The number of fused-ring (bicyclic) bond motifs is 1. The Labute approximate surface area is 165 Å². The minimum Gasteiger partial charge on any atom is -0.337 e. The zero-order chi connectivity index (χ0) is 17.3. The van der Waals surface area contributed by atoms with E-state index in [2.05, 4.69) is 15.4 Å². The highest BCUT2D eigenvalue weighted by atomic mass is 35.5. The van der Waals surface area contributed by atoms with Gasteiger partial charge in [-0.2, -0.15) is 5.10 Å². The van der Waals surface area contributed by atoms with E-state index in [0.717, 1.165) is 22.4 Å². The standard InChI is InChI=1S/C17H22N6O.2ClH/c1-18-16(12-9-19-22(3)10-12)17(24)21(2)11-15-20-13-7-5-6-8-14(13)23(15)4;;/h5-10,16,18H,11H2,1-4H3;2*1H. The van der Waals surface area contributed by atoms with Gasteiger partial charge in [0.15, 0.2) is 0 Å². The molecule has 2 aromatic heterocycles. The van der Waals surface area contributed by atoms with Crippen molar-refractivity contribution in [3.63, 3.8) is 0 Å². The van der Waals surface area contributed by atoms with Crippen LogP contribution in [0.1, 0.15) is 17.4 Å². The summed E-state index contributed by atoms with van der Waals surface area (Å²) < 4.78 is 3.72. The van der Waals surface area contributed by atoms with E-state index in [1.54, 1.807) is 29.9 Å². The Balaban J connectivity index is 0.00000169. The smallest absolute Gasteiger partial charge is 0.244 e. The van der Waals surface area contributed by atoms with Gasteiger partial charge in [-0.25, -0.2) is 4.98 Å². The number of benzene rings is 1. The van der Waals surface area contributed by atoms with Crippen molar-refractivity contribution in [3.8, 4) is 0 Å². The number of rotatable bonds is 5. The van der Waals surface area contributed by atoms with Gasteiger partial charge in [0, 0.05) is 32.9 Å². The van der Waals surface area contributed by atoms with Gasteiger partial charge in [-0.05, 0) is 19.2 Å². The van der Waals surface area contributed by atoms with Crippen LogP contribution in [-0.2, 0) is 25.4 Å². The van der Waals surface area contributed by atoms with Crippen LogP contribution in [0.25, 0.3) is 11.0 Å². The average Bonchev–Trinajstić information content (AvgIpc) is 3.13. The van der Waals surface area contributed by atoms with Gasteiger partial charge >= 0.3 is 0 Å². The van der Waals surface area contributed by atoms with Crippen molar-refractivity contribution in [3.05, 3.63) is 48.0 Å². The Morgan fingerprint density at radius 1 is 1.27 bits per heavy atom. The summed E-state index contributed by atoms with van der Waals surface area (Å²) in [6.45, 7) is 0.447. The molecule has 1 amide bonds. The molecule has 0 saturated heterocycles. The lowest BCUT2D eigenvalue weighted by Crippen LogP contribution is -2.37. The van der Waals surface area contributed by atoms with E-state index in [1.165, 1.54) is 0 Å². The maximum absolute atomic E-state index is 12.8. The molecule has 0 saturated carbocycles. The number of carbonyl (C=O) groups is 1. The lowest BCUT2D eigenvalue weighted by atomic mass is 10.1. The van der Waals surface area contributed by atoms with Gasteiger partial charge in [-0.15, -0.1) is 24.8 Å². The molecule has 0 spiro atoms. The van der Waals surface area contributed by atoms with Gasteiger partial charge in [0.1, 0.15) is 11.9 Å². The highest BCUT2D eigenvalue weighted by Gasteiger charge is 2.24. The Morgan fingerprint density at radius 2 is 1.96 bits per heavy atom. The molecule has 1 aromatic carbocycles. The Kier molecular flexibility index (Phi) is 7.62. The minimum atomic E-state index is -0.418. The number of hydrogen-bond donors (Lipinski definition) is 1. The first-order valence-corrected chi connectivity index (χ1v) is 7.82. The predicted molar refractivity (Wildman–Crippen MR) is 107 cm³/mol. The summed E-state index contributed by atoms with van der Waals surface area (Å²) in [5, 5.41) is 7.21. The largest absolute Gasteiger partial charge is 0.337 e. The molecule has 0 aliphatic carbocycles. The van der Waals surface area contributed by atoms with Gasteiger partial charge < -0.3 is 14.8 Å². The van der Waals surface area contributed by atoms with Crippen molar-refractivity contribution >= 4 is 41.8 Å². The van der Waals surface area contributed by atoms with E-state index in [-0.39, 0.29) is 30.7 Å². The third kappa shape index (κ3) is 4.17. The highest BCUT2D eigenvalue weighted by Crippen LogP contribution is 2.18. The van der Waals surface area contributed by atoms with E-state index in [4.69, 9.17) is 0 Å². The molecule has 0 aliphatic rings. The van der Waals surface area contributed by atoms with Crippen molar-refractivity contribution in [1.29, 1.82) is 0 Å². The van der Waals surface area contributed by atoms with Crippen molar-refractivity contribution < 1.29 is 4.79 Å². The number of likely N-dealkylation sites (N-methyl/N-ethyl adjacent to an activating group) is 2. The molecule has 1 N–H and O–H groups in total. The Bertz CT molecular complexity index is 875. The van der Waals surface area contributed by atoms with Crippen molar-refractivity contribution in [2.75, 3.05) is 14.1 Å². The summed E-state index contributed by atoms with van der Waals surface area (Å²) in [5.74, 6) is 0.839. The monoisotopic (exact) mass is 398 g/mol. The molecule has 3 rings (SSSR count).